The number of methoxy groups -OCH3 is 1. The highest BCUT2D eigenvalue weighted by atomic mass is 79.9. The average Bonchev–Trinajstić information content (AvgIpc) is 2.24. The molecule has 1 aromatic rings. The van der Waals surface area contributed by atoms with Gasteiger partial charge in [-0.2, -0.15) is 0 Å². The summed E-state index contributed by atoms with van der Waals surface area (Å²) < 4.78 is 5.59. The SMILES string of the molecule is COC(=O)C[C@@H](N)c1cc(Br)c(O)c(Br)c1.Cl. The molecule has 0 aromatic heterocycles. The monoisotopic (exact) mass is 387 g/mol. The largest absolute Gasteiger partial charge is 0.506 e. The standard InChI is InChI=1S/C10H11Br2NO3.ClH/c1-16-9(14)4-8(13)5-2-6(11)10(15)7(12)3-5;/h2-3,8,15H,4,13H2,1H3;1H/t8-;/m1./s1. The molecule has 1 rings (SSSR count). The van der Waals surface area contributed by atoms with Crippen molar-refractivity contribution in [2.75, 3.05) is 7.11 Å². The van der Waals surface area contributed by atoms with E-state index in [0.717, 1.165) is 5.56 Å². The third-order valence-electron chi connectivity index (χ3n) is 2.08. The number of hydrogen-bond donors (Lipinski definition) is 2. The van der Waals surface area contributed by atoms with E-state index in [2.05, 4.69) is 36.6 Å². The van der Waals surface area contributed by atoms with E-state index >= 15 is 0 Å². The Bertz CT molecular complexity index is 392. The van der Waals surface area contributed by atoms with E-state index in [4.69, 9.17) is 5.73 Å². The van der Waals surface area contributed by atoms with Gasteiger partial charge in [0.2, 0.25) is 0 Å². The van der Waals surface area contributed by atoms with Crippen molar-refractivity contribution >= 4 is 50.2 Å². The van der Waals surface area contributed by atoms with Gasteiger partial charge in [0.25, 0.3) is 0 Å². The molecule has 0 aliphatic rings. The highest BCUT2D eigenvalue weighted by molar-refractivity contribution is 9.11. The van der Waals surface area contributed by atoms with Gasteiger partial charge in [0.05, 0.1) is 22.5 Å². The lowest BCUT2D eigenvalue weighted by molar-refractivity contribution is -0.141. The van der Waals surface area contributed by atoms with Gasteiger partial charge in [0.15, 0.2) is 0 Å². The molecule has 0 radical (unpaired) electrons. The number of ether oxygens (including phenoxy) is 1. The van der Waals surface area contributed by atoms with E-state index in [9.17, 15) is 9.90 Å². The predicted molar refractivity (Wildman–Crippen MR) is 74.3 cm³/mol. The minimum atomic E-state index is -0.458. The Morgan fingerprint density at radius 1 is 1.47 bits per heavy atom. The van der Waals surface area contributed by atoms with Crippen LogP contribution in [0.25, 0.3) is 0 Å². The second-order valence-corrected chi connectivity index (χ2v) is 4.93. The number of halogens is 3. The molecule has 1 aromatic carbocycles. The van der Waals surface area contributed by atoms with Crippen molar-refractivity contribution in [3.8, 4) is 5.75 Å². The first kappa shape index (κ1) is 16.7. The average molecular weight is 389 g/mol. The molecule has 0 amide bonds. The molecule has 7 heteroatoms. The Morgan fingerprint density at radius 2 is 1.94 bits per heavy atom. The van der Waals surface area contributed by atoms with Crippen LogP contribution in [0.15, 0.2) is 21.1 Å². The van der Waals surface area contributed by atoms with Gasteiger partial charge in [-0.15, -0.1) is 12.4 Å². The number of phenolic OH excluding ortho intramolecular Hbond substituents is 1. The summed E-state index contributed by atoms with van der Waals surface area (Å²) in [6.07, 6.45) is 0.0974. The minimum absolute atomic E-state index is 0. The fraction of sp³-hybridized carbons (Fsp3) is 0.300. The van der Waals surface area contributed by atoms with Crippen LogP contribution in [0.4, 0.5) is 0 Å². The molecule has 0 saturated heterocycles. The van der Waals surface area contributed by atoms with Crippen molar-refractivity contribution in [2.45, 2.75) is 12.5 Å². The number of nitrogens with two attached hydrogens (primary N) is 1. The number of esters is 1. The molecule has 3 N–H and O–H groups in total. The molecule has 0 fully saturated rings. The van der Waals surface area contributed by atoms with Gasteiger partial charge in [-0.1, -0.05) is 0 Å². The maximum absolute atomic E-state index is 11.1. The van der Waals surface area contributed by atoms with E-state index in [-0.39, 0.29) is 30.5 Å². The van der Waals surface area contributed by atoms with Gasteiger partial charge in [-0.05, 0) is 49.6 Å². The molecule has 0 saturated carbocycles. The topological polar surface area (TPSA) is 72.5 Å². The van der Waals surface area contributed by atoms with Crippen molar-refractivity contribution in [1.82, 2.24) is 0 Å². The number of benzene rings is 1. The third-order valence-corrected chi connectivity index (χ3v) is 3.29. The molecule has 4 nitrogen and oxygen atoms in total. The van der Waals surface area contributed by atoms with Gasteiger partial charge >= 0.3 is 5.97 Å². The Labute approximate surface area is 122 Å². The maximum Gasteiger partial charge on any atom is 0.307 e. The number of hydrogen-bond acceptors (Lipinski definition) is 4. The zero-order valence-corrected chi connectivity index (χ0v) is 12.9. The van der Waals surface area contributed by atoms with E-state index < -0.39 is 6.04 Å². The summed E-state index contributed by atoms with van der Waals surface area (Å²) in [4.78, 5) is 11.1. The molecule has 1 atom stereocenters. The van der Waals surface area contributed by atoms with Crippen LogP contribution in [0.5, 0.6) is 5.75 Å². The minimum Gasteiger partial charge on any atom is -0.506 e. The molecule has 0 aliphatic carbocycles. The lowest BCUT2D eigenvalue weighted by Crippen LogP contribution is -2.16. The number of rotatable bonds is 3. The summed E-state index contributed by atoms with van der Waals surface area (Å²) in [5.41, 5.74) is 6.57. The third kappa shape index (κ3) is 4.46. The van der Waals surface area contributed by atoms with Crippen molar-refractivity contribution in [1.29, 1.82) is 0 Å². The van der Waals surface area contributed by atoms with Crippen molar-refractivity contribution in [3.05, 3.63) is 26.6 Å². The summed E-state index contributed by atoms with van der Waals surface area (Å²) in [6, 6.07) is 2.89. The van der Waals surface area contributed by atoms with E-state index in [1.54, 1.807) is 12.1 Å². The summed E-state index contributed by atoms with van der Waals surface area (Å²) in [6.45, 7) is 0. The number of aromatic hydroxyl groups is 1. The number of phenols is 1. The molecular weight excluding hydrogens is 377 g/mol. The van der Waals surface area contributed by atoms with Crippen LogP contribution < -0.4 is 5.73 Å². The Kier molecular flexibility index (Phi) is 7.08. The predicted octanol–water partition coefficient (Wildman–Crippen LogP) is 2.90. The fourth-order valence-electron chi connectivity index (χ4n) is 1.18. The second kappa shape index (κ2) is 7.20. The van der Waals surface area contributed by atoms with Crippen molar-refractivity contribution in [3.63, 3.8) is 0 Å². The Hall–Kier alpha value is -0.300. The highest BCUT2D eigenvalue weighted by Gasteiger charge is 2.15. The summed E-state index contributed by atoms with van der Waals surface area (Å²) in [5.74, 6) is -0.262. The molecular formula is C10H12Br2ClNO3. The van der Waals surface area contributed by atoms with E-state index in [1.165, 1.54) is 7.11 Å². The summed E-state index contributed by atoms with van der Waals surface area (Å²) in [7, 11) is 1.32. The molecule has 0 bridgehead atoms. The van der Waals surface area contributed by atoms with Crippen LogP contribution >= 0.6 is 44.3 Å². The molecule has 0 spiro atoms. The molecule has 0 aliphatic heterocycles. The van der Waals surface area contributed by atoms with Gasteiger partial charge in [0.1, 0.15) is 5.75 Å². The second-order valence-electron chi connectivity index (χ2n) is 3.22. The lowest BCUT2D eigenvalue weighted by Gasteiger charge is -2.12. The molecule has 17 heavy (non-hydrogen) atoms. The van der Waals surface area contributed by atoms with Crippen LogP contribution in [-0.2, 0) is 9.53 Å². The zero-order valence-electron chi connectivity index (χ0n) is 8.94. The van der Waals surface area contributed by atoms with Crippen LogP contribution in [0.3, 0.4) is 0 Å². The van der Waals surface area contributed by atoms with Gasteiger partial charge < -0.3 is 15.6 Å². The highest BCUT2D eigenvalue weighted by Crippen LogP contribution is 2.35. The van der Waals surface area contributed by atoms with Crippen LogP contribution in [0.1, 0.15) is 18.0 Å². The number of carbonyl (C=O) groups excluding carboxylic acids is 1. The quantitative estimate of drug-likeness (QED) is 0.780. The van der Waals surface area contributed by atoms with Gasteiger partial charge in [0, 0.05) is 6.04 Å². The first-order valence-electron chi connectivity index (χ1n) is 4.46. The van der Waals surface area contributed by atoms with E-state index in [1.807, 2.05) is 0 Å². The first-order chi connectivity index (χ1) is 7.45. The normalized spacial score (nSPS) is 11.5. The molecule has 0 heterocycles. The zero-order chi connectivity index (χ0) is 12.3. The van der Waals surface area contributed by atoms with Crippen molar-refractivity contribution < 1.29 is 14.6 Å². The number of carbonyl (C=O) groups is 1. The maximum atomic E-state index is 11.1. The summed E-state index contributed by atoms with van der Waals surface area (Å²) >= 11 is 6.39. The van der Waals surface area contributed by atoms with Crippen LogP contribution in [0, 0.1) is 0 Å². The smallest absolute Gasteiger partial charge is 0.307 e. The van der Waals surface area contributed by atoms with E-state index in [0.29, 0.717) is 8.95 Å². The van der Waals surface area contributed by atoms with Crippen molar-refractivity contribution in [2.24, 2.45) is 5.73 Å². The first-order valence-corrected chi connectivity index (χ1v) is 6.04. The van der Waals surface area contributed by atoms with Gasteiger partial charge in [-0.3, -0.25) is 4.79 Å². The lowest BCUT2D eigenvalue weighted by atomic mass is 10.0. The summed E-state index contributed by atoms with van der Waals surface area (Å²) in [5, 5.41) is 9.51. The molecule has 0 unspecified atom stereocenters. The molecule has 96 valence electrons. The van der Waals surface area contributed by atoms with Crippen LogP contribution in [-0.4, -0.2) is 18.2 Å². The van der Waals surface area contributed by atoms with Gasteiger partial charge in [-0.25, -0.2) is 0 Å². The Balaban J connectivity index is 0.00000256. The fourth-order valence-corrected chi connectivity index (χ4v) is 2.40. The van der Waals surface area contributed by atoms with Crippen LogP contribution in [0.2, 0.25) is 0 Å². The Morgan fingerprint density at radius 3 is 2.35 bits per heavy atom.